The lowest BCUT2D eigenvalue weighted by Crippen LogP contribution is -2.47. The molecule has 1 atom stereocenters. The van der Waals surface area contributed by atoms with Gasteiger partial charge in [0.15, 0.2) is 15.0 Å². The Morgan fingerprint density at radius 3 is 2.50 bits per heavy atom. The summed E-state index contributed by atoms with van der Waals surface area (Å²) in [7, 11) is -3.00. The smallest absolute Gasteiger partial charge is 0.233 e. The molecule has 3 fully saturated rings. The second kappa shape index (κ2) is 7.14. The fraction of sp³-hybridized carbons (Fsp3) is 0.824. The Morgan fingerprint density at radius 1 is 1.15 bits per heavy atom. The second-order valence-corrected chi connectivity index (χ2v) is 10.9. The number of aryl methyl sites for hydroxylation is 1. The Bertz CT molecular complexity index is 782. The molecule has 9 heteroatoms. The first-order valence-corrected chi connectivity index (χ1v) is 12.3. The van der Waals surface area contributed by atoms with Crippen molar-refractivity contribution in [1.29, 1.82) is 0 Å². The van der Waals surface area contributed by atoms with Crippen LogP contribution in [-0.2, 0) is 14.6 Å². The van der Waals surface area contributed by atoms with Gasteiger partial charge in [0.1, 0.15) is 5.82 Å². The van der Waals surface area contributed by atoms with Crippen molar-refractivity contribution in [3.63, 3.8) is 0 Å². The Labute approximate surface area is 158 Å². The van der Waals surface area contributed by atoms with Crippen LogP contribution in [0.25, 0.3) is 0 Å². The molecule has 26 heavy (non-hydrogen) atoms. The highest BCUT2D eigenvalue weighted by molar-refractivity contribution is 7.99. The van der Waals surface area contributed by atoms with Crippen LogP contribution in [0.4, 0.5) is 0 Å². The maximum atomic E-state index is 13.1. The summed E-state index contributed by atoms with van der Waals surface area (Å²) >= 11 is 1.44. The molecule has 0 N–H and O–H groups in total. The van der Waals surface area contributed by atoms with Crippen molar-refractivity contribution in [3.8, 4) is 0 Å². The van der Waals surface area contributed by atoms with E-state index in [4.69, 9.17) is 0 Å². The molecule has 1 aliphatic heterocycles. The lowest BCUT2D eigenvalue weighted by molar-refractivity contribution is -0.132. The van der Waals surface area contributed by atoms with Gasteiger partial charge < -0.3 is 9.47 Å². The lowest BCUT2D eigenvalue weighted by Gasteiger charge is -2.34. The van der Waals surface area contributed by atoms with E-state index in [0.29, 0.717) is 18.2 Å². The van der Waals surface area contributed by atoms with Crippen molar-refractivity contribution in [3.05, 3.63) is 5.82 Å². The third-order valence-electron chi connectivity index (χ3n) is 5.68. The van der Waals surface area contributed by atoms with E-state index in [0.717, 1.165) is 49.5 Å². The molecule has 2 aliphatic carbocycles. The normalized spacial score (nSPS) is 25.7. The van der Waals surface area contributed by atoms with Crippen molar-refractivity contribution >= 4 is 27.5 Å². The minimum absolute atomic E-state index is 0.0481. The molecule has 0 bridgehead atoms. The summed E-state index contributed by atoms with van der Waals surface area (Å²) in [5, 5.41) is 9.21. The van der Waals surface area contributed by atoms with E-state index in [-0.39, 0.29) is 29.5 Å². The molecular formula is C17H26N4O3S2. The van der Waals surface area contributed by atoms with E-state index in [2.05, 4.69) is 14.8 Å². The summed E-state index contributed by atoms with van der Waals surface area (Å²) in [5.41, 5.74) is 0. The second-order valence-electron chi connectivity index (χ2n) is 7.72. The number of aromatic nitrogens is 3. The topological polar surface area (TPSA) is 85.2 Å². The van der Waals surface area contributed by atoms with Gasteiger partial charge in [-0.05, 0) is 39.0 Å². The van der Waals surface area contributed by atoms with Gasteiger partial charge in [-0.1, -0.05) is 24.6 Å². The third kappa shape index (κ3) is 3.78. The lowest BCUT2D eigenvalue weighted by atomic mass is 10.1. The summed E-state index contributed by atoms with van der Waals surface area (Å²) in [4.78, 5) is 15.0. The van der Waals surface area contributed by atoms with Crippen LogP contribution in [0.1, 0.15) is 56.8 Å². The molecule has 1 aromatic rings. The van der Waals surface area contributed by atoms with Crippen molar-refractivity contribution in [2.75, 3.05) is 17.3 Å². The van der Waals surface area contributed by atoms with Crippen LogP contribution >= 0.6 is 11.8 Å². The van der Waals surface area contributed by atoms with E-state index in [9.17, 15) is 13.2 Å². The van der Waals surface area contributed by atoms with Crippen LogP contribution in [-0.4, -0.2) is 63.3 Å². The number of carbonyl (C=O) groups is 1. The van der Waals surface area contributed by atoms with E-state index in [1.165, 1.54) is 11.8 Å². The van der Waals surface area contributed by atoms with Crippen molar-refractivity contribution in [2.45, 2.75) is 75.2 Å². The molecule has 1 unspecified atom stereocenters. The van der Waals surface area contributed by atoms with Crippen molar-refractivity contribution in [1.82, 2.24) is 19.7 Å². The zero-order valence-corrected chi connectivity index (χ0v) is 16.8. The van der Waals surface area contributed by atoms with Gasteiger partial charge in [0.2, 0.25) is 5.91 Å². The monoisotopic (exact) mass is 398 g/mol. The number of rotatable bonds is 6. The van der Waals surface area contributed by atoms with Gasteiger partial charge in [0, 0.05) is 18.1 Å². The standard InChI is InChI=1S/C17H26N4O3S2/c1-12-18-19-17(20(12)14-6-7-14)25-10-16(22)21(13-4-2-3-5-13)15-8-9-26(23,24)11-15/h13-15H,2-11H2,1H3. The fourth-order valence-electron chi connectivity index (χ4n) is 4.28. The Morgan fingerprint density at radius 2 is 1.88 bits per heavy atom. The number of sulfone groups is 1. The molecular weight excluding hydrogens is 372 g/mol. The maximum absolute atomic E-state index is 13.1. The molecule has 0 aromatic carbocycles. The molecule has 4 rings (SSSR count). The van der Waals surface area contributed by atoms with E-state index >= 15 is 0 Å². The predicted octanol–water partition coefficient (Wildman–Crippen LogP) is 1.97. The number of carbonyl (C=O) groups excluding carboxylic acids is 1. The van der Waals surface area contributed by atoms with Crippen LogP contribution in [0, 0.1) is 6.92 Å². The molecule has 0 spiro atoms. The van der Waals surface area contributed by atoms with Gasteiger partial charge in [-0.25, -0.2) is 8.42 Å². The molecule has 2 heterocycles. The average Bonchev–Trinajstić information content (AvgIpc) is 2.99. The first kappa shape index (κ1) is 18.3. The molecule has 2 saturated carbocycles. The summed E-state index contributed by atoms with van der Waals surface area (Å²) < 4.78 is 26.0. The zero-order chi connectivity index (χ0) is 18.3. The van der Waals surface area contributed by atoms with Gasteiger partial charge >= 0.3 is 0 Å². The highest BCUT2D eigenvalue weighted by Crippen LogP contribution is 2.38. The van der Waals surface area contributed by atoms with E-state index < -0.39 is 9.84 Å². The SMILES string of the molecule is Cc1nnc(SCC(=O)N(C2CCCC2)C2CCS(=O)(=O)C2)n1C1CC1. The number of nitrogens with zero attached hydrogens (tertiary/aromatic N) is 4. The summed E-state index contributed by atoms with van der Waals surface area (Å²) in [5.74, 6) is 1.58. The van der Waals surface area contributed by atoms with Crippen molar-refractivity contribution < 1.29 is 13.2 Å². The van der Waals surface area contributed by atoms with Gasteiger partial charge in [0.25, 0.3) is 0 Å². The van der Waals surface area contributed by atoms with Crippen LogP contribution in [0.5, 0.6) is 0 Å². The van der Waals surface area contributed by atoms with E-state index in [1.807, 2.05) is 11.8 Å². The fourth-order valence-corrected chi connectivity index (χ4v) is 6.92. The zero-order valence-electron chi connectivity index (χ0n) is 15.1. The average molecular weight is 399 g/mol. The van der Waals surface area contributed by atoms with Gasteiger partial charge in [-0.15, -0.1) is 10.2 Å². The Hall–Kier alpha value is -1.09. The highest BCUT2D eigenvalue weighted by Gasteiger charge is 2.39. The molecule has 0 radical (unpaired) electrons. The predicted molar refractivity (Wildman–Crippen MR) is 99.9 cm³/mol. The highest BCUT2D eigenvalue weighted by atomic mass is 32.2. The van der Waals surface area contributed by atoms with E-state index in [1.54, 1.807) is 0 Å². The first-order valence-electron chi connectivity index (χ1n) is 9.50. The third-order valence-corrected chi connectivity index (χ3v) is 8.36. The van der Waals surface area contributed by atoms with Crippen LogP contribution in [0.15, 0.2) is 5.16 Å². The molecule has 144 valence electrons. The Balaban J connectivity index is 1.46. The van der Waals surface area contributed by atoms with Crippen LogP contribution in [0.2, 0.25) is 0 Å². The molecule has 1 aromatic heterocycles. The summed E-state index contributed by atoms with van der Waals surface area (Å²) in [6, 6.07) is 0.525. The number of thioether (sulfide) groups is 1. The number of hydrogen-bond donors (Lipinski definition) is 0. The summed E-state index contributed by atoms with van der Waals surface area (Å²) in [6.07, 6.45) is 7.09. The minimum Gasteiger partial charge on any atom is -0.335 e. The van der Waals surface area contributed by atoms with Gasteiger partial charge in [-0.2, -0.15) is 0 Å². The van der Waals surface area contributed by atoms with Gasteiger partial charge in [0.05, 0.1) is 17.3 Å². The Kier molecular flexibility index (Phi) is 5.02. The molecule has 3 aliphatic rings. The quantitative estimate of drug-likeness (QED) is 0.681. The molecule has 1 saturated heterocycles. The largest absolute Gasteiger partial charge is 0.335 e. The first-order chi connectivity index (χ1) is 12.4. The van der Waals surface area contributed by atoms with Crippen LogP contribution in [0.3, 0.4) is 0 Å². The number of hydrogen-bond acceptors (Lipinski definition) is 6. The minimum atomic E-state index is -3.00. The van der Waals surface area contributed by atoms with Crippen LogP contribution < -0.4 is 0 Å². The maximum Gasteiger partial charge on any atom is 0.233 e. The molecule has 7 nitrogen and oxygen atoms in total. The number of amides is 1. The van der Waals surface area contributed by atoms with Gasteiger partial charge in [-0.3, -0.25) is 4.79 Å². The summed E-state index contributed by atoms with van der Waals surface area (Å²) in [6.45, 7) is 1.95. The van der Waals surface area contributed by atoms with Crippen molar-refractivity contribution in [2.24, 2.45) is 0 Å². The molecule has 1 amide bonds.